The summed E-state index contributed by atoms with van der Waals surface area (Å²) in [7, 11) is 0. The van der Waals surface area contributed by atoms with Crippen LogP contribution >= 0.6 is 0 Å². The van der Waals surface area contributed by atoms with E-state index in [1.54, 1.807) is 0 Å². The highest BCUT2D eigenvalue weighted by Crippen LogP contribution is 2.29. The zero-order valence-electron chi connectivity index (χ0n) is 11.6. The minimum Gasteiger partial charge on any atom is -0.461 e. The monoisotopic (exact) mass is 260 g/mol. The summed E-state index contributed by atoms with van der Waals surface area (Å²) in [5, 5.41) is 0. The molecule has 2 heteroatoms. The summed E-state index contributed by atoms with van der Waals surface area (Å²) in [5.41, 5.74) is 1.06. The third kappa shape index (κ3) is 5.46. The first kappa shape index (κ1) is 14.1. The molecule has 0 radical (unpaired) electrons. The molecule has 104 valence electrons. The Morgan fingerprint density at radius 3 is 2.58 bits per heavy atom. The lowest BCUT2D eigenvalue weighted by molar-refractivity contribution is -0.145. The van der Waals surface area contributed by atoms with Gasteiger partial charge in [0.05, 0.1) is 0 Å². The van der Waals surface area contributed by atoms with Gasteiger partial charge in [0, 0.05) is 6.42 Å². The van der Waals surface area contributed by atoms with Crippen LogP contribution in [0.5, 0.6) is 0 Å². The summed E-state index contributed by atoms with van der Waals surface area (Å²) in [6, 6.07) is 9.85. The van der Waals surface area contributed by atoms with Crippen molar-refractivity contribution in [2.24, 2.45) is 5.92 Å². The maximum absolute atomic E-state index is 11.6. The normalized spacial score (nSPS) is 15.6. The molecule has 0 bridgehead atoms. The molecule has 0 heterocycles. The number of esters is 1. The molecule has 19 heavy (non-hydrogen) atoms. The van der Waals surface area contributed by atoms with Crippen molar-refractivity contribution in [1.82, 2.24) is 0 Å². The Bertz CT molecular complexity index is 366. The third-order valence-corrected chi connectivity index (χ3v) is 3.96. The van der Waals surface area contributed by atoms with Gasteiger partial charge in [-0.1, -0.05) is 68.9 Å². The van der Waals surface area contributed by atoms with Gasteiger partial charge in [-0.25, -0.2) is 0 Å². The lowest BCUT2D eigenvalue weighted by atomic mass is 10.00. The lowest BCUT2D eigenvalue weighted by Gasteiger charge is -2.08. The molecule has 1 aromatic rings. The molecular weight excluding hydrogens is 236 g/mol. The molecule has 0 atom stereocenters. The number of hydrogen-bond acceptors (Lipinski definition) is 2. The van der Waals surface area contributed by atoms with Crippen molar-refractivity contribution in [3.05, 3.63) is 35.9 Å². The largest absolute Gasteiger partial charge is 0.461 e. The molecule has 2 nitrogen and oxygen atoms in total. The molecule has 1 aliphatic rings. The Morgan fingerprint density at radius 1 is 1.11 bits per heavy atom. The molecule has 0 saturated heterocycles. The molecule has 0 spiro atoms. The Balaban J connectivity index is 1.52. The van der Waals surface area contributed by atoms with Gasteiger partial charge in [-0.2, -0.15) is 0 Å². The summed E-state index contributed by atoms with van der Waals surface area (Å²) in [6.07, 6.45) is 9.63. The van der Waals surface area contributed by atoms with Gasteiger partial charge in [0.2, 0.25) is 0 Å². The summed E-state index contributed by atoms with van der Waals surface area (Å²) in [4.78, 5) is 11.6. The van der Waals surface area contributed by atoms with Gasteiger partial charge in [0.15, 0.2) is 0 Å². The van der Waals surface area contributed by atoms with Crippen LogP contribution in [-0.2, 0) is 16.1 Å². The summed E-state index contributed by atoms with van der Waals surface area (Å²) < 4.78 is 5.26. The summed E-state index contributed by atoms with van der Waals surface area (Å²) in [5.74, 6) is 0.871. The first-order valence-electron chi connectivity index (χ1n) is 7.54. The van der Waals surface area contributed by atoms with Gasteiger partial charge >= 0.3 is 5.97 Å². The molecule has 0 N–H and O–H groups in total. The predicted octanol–water partition coefficient (Wildman–Crippen LogP) is 4.48. The van der Waals surface area contributed by atoms with Crippen molar-refractivity contribution in [3.63, 3.8) is 0 Å². The maximum Gasteiger partial charge on any atom is 0.306 e. The van der Waals surface area contributed by atoms with E-state index < -0.39 is 0 Å². The zero-order valence-corrected chi connectivity index (χ0v) is 11.6. The van der Waals surface area contributed by atoms with Crippen molar-refractivity contribution < 1.29 is 9.53 Å². The first-order chi connectivity index (χ1) is 9.34. The molecular formula is C17H24O2. The minimum absolute atomic E-state index is 0.0599. The topological polar surface area (TPSA) is 26.3 Å². The van der Waals surface area contributed by atoms with E-state index >= 15 is 0 Å². The number of carbonyl (C=O) groups excluding carboxylic acids is 1. The third-order valence-electron chi connectivity index (χ3n) is 3.96. The smallest absolute Gasteiger partial charge is 0.306 e. The highest BCUT2D eigenvalue weighted by atomic mass is 16.5. The van der Waals surface area contributed by atoms with Crippen LogP contribution in [0.15, 0.2) is 30.3 Å². The molecule has 1 aliphatic carbocycles. The van der Waals surface area contributed by atoms with Gasteiger partial charge < -0.3 is 4.74 Å². The lowest BCUT2D eigenvalue weighted by Crippen LogP contribution is -2.04. The quantitative estimate of drug-likeness (QED) is 0.533. The molecule has 0 amide bonds. The Kier molecular flexibility index (Phi) is 5.93. The molecule has 0 aromatic heterocycles. The average Bonchev–Trinajstić information content (AvgIpc) is 2.96. The standard InChI is InChI=1S/C17H24O2/c18-17(19-14-16-11-2-1-3-12-16)13-7-6-10-15-8-4-5-9-15/h1-3,11-12,15H,4-10,13-14H2. The Morgan fingerprint density at radius 2 is 1.84 bits per heavy atom. The van der Waals surface area contributed by atoms with Gasteiger partial charge in [-0.3, -0.25) is 4.79 Å². The van der Waals surface area contributed by atoms with Crippen LogP contribution in [0.2, 0.25) is 0 Å². The number of carbonyl (C=O) groups is 1. The van der Waals surface area contributed by atoms with Crippen LogP contribution < -0.4 is 0 Å². The number of hydrogen-bond donors (Lipinski definition) is 0. The van der Waals surface area contributed by atoms with Crippen molar-refractivity contribution in [2.45, 2.75) is 58.0 Å². The number of rotatable bonds is 7. The van der Waals surface area contributed by atoms with Crippen molar-refractivity contribution in [3.8, 4) is 0 Å². The average molecular weight is 260 g/mol. The highest BCUT2D eigenvalue weighted by molar-refractivity contribution is 5.69. The molecule has 0 aliphatic heterocycles. The zero-order chi connectivity index (χ0) is 13.3. The second-order valence-corrected chi connectivity index (χ2v) is 5.54. The van der Waals surface area contributed by atoms with E-state index in [1.807, 2.05) is 30.3 Å². The number of ether oxygens (including phenoxy) is 1. The Hall–Kier alpha value is -1.31. The van der Waals surface area contributed by atoms with Gasteiger partial charge in [0.25, 0.3) is 0 Å². The minimum atomic E-state index is -0.0599. The molecule has 0 unspecified atom stereocenters. The van der Waals surface area contributed by atoms with E-state index in [0.29, 0.717) is 13.0 Å². The van der Waals surface area contributed by atoms with E-state index in [9.17, 15) is 4.79 Å². The SMILES string of the molecule is O=C(CCCCC1CCCC1)OCc1ccccc1. The summed E-state index contributed by atoms with van der Waals surface area (Å²) >= 11 is 0. The molecule has 1 saturated carbocycles. The second-order valence-electron chi connectivity index (χ2n) is 5.54. The van der Waals surface area contributed by atoms with Gasteiger partial charge in [0.1, 0.15) is 6.61 Å². The van der Waals surface area contributed by atoms with Crippen LogP contribution in [0.1, 0.15) is 56.9 Å². The van der Waals surface area contributed by atoms with Crippen LogP contribution in [0.25, 0.3) is 0 Å². The molecule has 2 rings (SSSR count). The first-order valence-corrected chi connectivity index (χ1v) is 7.54. The van der Waals surface area contributed by atoms with Crippen molar-refractivity contribution in [2.75, 3.05) is 0 Å². The van der Waals surface area contributed by atoms with Crippen LogP contribution in [0.4, 0.5) is 0 Å². The van der Waals surface area contributed by atoms with Crippen LogP contribution in [-0.4, -0.2) is 5.97 Å². The Labute approximate surface area is 116 Å². The van der Waals surface area contributed by atoms with E-state index in [-0.39, 0.29) is 5.97 Å². The number of unbranched alkanes of at least 4 members (excludes halogenated alkanes) is 1. The molecule has 1 fully saturated rings. The van der Waals surface area contributed by atoms with E-state index in [4.69, 9.17) is 4.74 Å². The van der Waals surface area contributed by atoms with Crippen molar-refractivity contribution >= 4 is 5.97 Å². The predicted molar refractivity (Wildman–Crippen MR) is 76.7 cm³/mol. The van der Waals surface area contributed by atoms with Gasteiger partial charge in [-0.15, -0.1) is 0 Å². The van der Waals surface area contributed by atoms with Crippen LogP contribution in [0, 0.1) is 5.92 Å². The molecule has 1 aromatic carbocycles. The highest BCUT2D eigenvalue weighted by Gasteiger charge is 2.14. The van der Waals surface area contributed by atoms with E-state index in [1.165, 1.54) is 38.5 Å². The number of benzene rings is 1. The van der Waals surface area contributed by atoms with E-state index in [2.05, 4.69) is 0 Å². The van der Waals surface area contributed by atoms with Crippen LogP contribution in [0.3, 0.4) is 0 Å². The summed E-state index contributed by atoms with van der Waals surface area (Å²) in [6.45, 7) is 0.405. The van der Waals surface area contributed by atoms with E-state index in [0.717, 1.165) is 17.9 Å². The fourth-order valence-corrected chi connectivity index (χ4v) is 2.81. The van der Waals surface area contributed by atoms with Crippen molar-refractivity contribution in [1.29, 1.82) is 0 Å². The maximum atomic E-state index is 11.6. The fraction of sp³-hybridized carbons (Fsp3) is 0.588. The van der Waals surface area contributed by atoms with Gasteiger partial charge in [-0.05, 0) is 17.9 Å². The fourth-order valence-electron chi connectivity index (χ4n) is 2.81. The second kappa shape index (κ2) is 7.98.